The Hall–Kier alpha value is -1.74. The highest BCUT2D eigenvalue weighted by molar-refractivity contribution is 8.13. The lowest BCUT2D eigenvalue weighted by atomic mass is 10.1. The fraction of sp³-hybridized carbons (Fsp3) is 0.0714. The maximum absolute atomic E-state index is 11.2. The molecule has 2 aromatic rings. The maximum Gasteiger partial charge on any atom is 0.190 e. The first-order valence-electron chi connectivity index (χ1n) is 5.30. The van der Waals surface area contributed by atoms with Crippen molar-refractivity contribution in [3.63, 3.8) is 0 Å². The molecular weight excluding hydrogens is 230 g/mol. The largest absolute Gasteiger partial charge is 0.399 e. The molecule has 0 heterocycles. The van der Waals surface area contributed by atoms with Gasteiger partial charge in [-0.1, -0.05) is 42.1 Å². The van der Waals surface area contributed by atoms with Gasteiger partial charge in [-0.15, -0.1) is 0 Å². The molecule has 86 valence electrons. The minimum Gasteiger partial charge on any atom is -0.399 e. The molecule has 0 aromatic heterocycles. The summed E-state index contributed by atoms with van der Waals surface area (Å²) >= 11 is 1.23. The fourth-order valence-corrected chi connectivity index (χ4v) is 2.37. The van der Waals surface area contributed by atoms with Gasteiger partial charge >= 0.3 is 0 Å². The maximum atomic E-state index is 11.2. The second-order valence-corrected chi connectivity index (χ2v) is 4.93. The third-order valence-electron chi connectivity index (χ3n) is 2.34. The molecule has 0 aliphatic carbocycles. The van der Waals surface area contributed by atoms with E-state index >= 15 is 0 Å². The number of hydrogen-bond donors (Lipinski definition) is 1. The van der Waals surface area contributed by atoms with Gasteiger partial charge in [-0.05, 0) is 29.3 Å². The molecule has 0 aliphatic heterocycles. The summed E-state index contributed by atoms with van der Waals surface area (Å²) in [7, 11) is 0. The van der Waals surface area contributed by atoms with Gasteiger partial charge in [-0.3, -0.25) is 4.79 Å². The van der Waals surface area contributed by atoms with Crippen molar-refractivity contribution in [2.75, 3.05) is 5.73 Å². The molecule has 0 bridgehead atoms. The molecule has 0 aliphatic rings. The van der Waals surface area contributed by atoms with Crippen LogP contribution in [0.2, 0.25) is 0 Å². The molecule has 0 amide bonds. The van der Waals surface area contributed by atoms with Crippen LogP contribution < -0.4 is 5.73 Å². The first-order valence-corrected chi connectivity index (χ1v) is 6.12. The Bertz CT molecular complexity index is 537. The van der Waals surface area contributed by atoms with Gasteiger partial charge in [-0.2, -0.15) is 0 Å². The standard InChI is InChI=1S/C14H13NOS/c1-10(16)17-14-8-7-12(15)9-13(14)11-5-3-2-4-6-11/h2-9H,15H2,1H3. The number of nitrogens with two attached hydrogens (primary N) is 1. The number of benzene rings is 2. The Morgan fingerprint density at radius 1 is 1.12 bits per heavy atom. The van der Waals surface area contributed by atoms with Crippen LogP contribution in [-0.2, 0) is 4.79 Å². The Labute approximate surface area is 105 Å². The van der Waals surface area contributed by atoms with E-state index < -0.39 is 0 Å². The molecule has 0 saturated carbocycles. The van der Waals surface area contributed by atoms with E-state index in [2.05, 4.69) is 0 Å². The Balaban J connectivity index is 2.51. The molecule has 0 unspecified atom stereocenters. The van der Waals surface area contributed by atoms with Gasteiger partial charge < -0.3 is 5.73 Å². The van der Waals surface area contributed by atoms with Crippen LogP contribution >= 0.6 is 11.8 Å². The molecule has 17 heavy (non-hydrogen) atoms. The van der Waals surface area contributed by atoms with Crippen LogP contribution in [-0.4, -0.2) is 5.12 Å². The number of rotatable bonds is 2. The number of carbonyl (C=O) groups excluding carboxylic acids is 1. The van der Waals surface area contributed by atoms with Gasteiger partial charge in [0.25, 0.3) is 0 Å². The first kappa shape index (κ1) is 11.7. The zero-order valence-corrected chi connectivity index (χ0v) is 10.3. The summed E-state index contributed by atoms with van der Waals surface area (Å²) in [5.74, 6) is 0. The van der Waals surface area contributed by atoms with Crippen molar-refractivity contribution in [3.05, 3.63) is 48.5 Å². The van der Waals surface area contributed by atoms with Crippen LogP contribution in [0.3, 0.4) is 0 Å². The highest BCUT2D eigenvalue weighted by Gasteiger charge is 2.08. The molecule has 2 rings (SSSR count). The molecule has 0 radical (unpaired) electrons. The summed E-state index contributed by atoms with van der Waals surface area (Å²) in [6, 6.07) is 15.6. The lowest BCUT2D eigenvalue weighted by Gasteiger charge is -2.08. The fourth-order valence-electron chi connectivity index (χ4n) is 1.63. The highest BCUT2D eigenvalue weighted by Crippen LogP contribution is 2.33. The van der Waals surface area contributed by atoms with Crippen molar-refractivity contribution in [1.29, 1.82) is 0 Å². The van der Waals surface area contributed by atoms with Gasteiger partial charge in [0.2, 0.25) is 0 Å². The van der Waals surface area contributed by atoms with Gasteiger partial charge in [0.05, 0.1) is 0 Å². The minimum atomic E-state index is 0.0759. The molecule has 0 fully saturated rings. The summed E-state index contributed by atoms with van der Waals surface area (Å²) in [5, 5.41) is 0.0759. The topological polar surface area (TPSA) is 43.1 Å². The number of nitrogen functional groups attached to an aromatic ring is 1. The Morgan fingerprint density at radius 3 is 2.47 bits per heavy atom. The van der Waals surface area contributed by atoms with Crippen LogP contribution in [0.5, 0.6) is 0 Å². The predicted molar refractivity (Wildman–Crippen MR) is 72.8 cm³/mol. The minimum absolute atomic E-state index is 0.0759. The zero-order valence-electron chi connectivity index (χ0n) is 9.51. The molecule has 2 nitrogen and oxygen atoms in total. The van der Waals surface area contributed by atoms with Crippen molar-refractivity contribution in [2.45, 2.75) is 11.8 Å². The van der Waals surface area contributed by atoms with E-state index in [0.717, 1.165) is 16.0 Å². The Morgan fingerprint density at radius 2 is 1.82 bits per heavy atom. The van der Waals surface area contributed by atoms with Gasteiger partial charge in [0.15, 0.2) is 5.12 Å². The molecular formula is C14H13NOS. The quantitative estimate of drug-likeness (QED) is 0.647. The molecule has 2 aromatic carbocycles. The zero-order chi connectivity index (χ0) is 12.3. The summed E-state index contributed by atoms with van der Waals surface area (Å²) in [6.45, 7) is 1.57. The van der Waals surface area contributed by atoms with E-state index in [-0.39, 0.29) is 5.12 Å². The van der Waals surface area contributed by atoms with Crippen LogP contribution in [0.25, 0.3) is 11.1 Å². The van der Waals surface area contributed by atoms with Gasteiger partial charge in [-0.25, -0.2) is 0 Å². The number of hydrogen-bond acceptors (Lipinski definition) is 3. The normalized spacial score (nSPS) is 10.2. The lowest BCUT2D eigenvalue weighted by molar-refractivity contribution is -0.109. The molecule has 0 spiro atoms. The van der Waals surface area contributed by atoms with Crippen molar-refractivity contribution in [1.82, 2.24) is 0 Å². The van der Waals surface area contributed by atoms with E-state index in [4.69, 9.17) is 5.73 Å². The highest BCUT2D eigenvalue weighted by atomic mass is 32.2. The Kier molecular flexibility index (Phi) is 3.49. The molecule has 2 N–H and O–H groups in total. The van der Waals surface area contributed by atoms with Crippen LogP contribution in [0.15, 0.2) is 53.4 Å². The van der Waals surface area contributed by atoms with Crippen molar-refractivity contribution in [3.8, 4) is 11.1 Å². The van der Waals surface area contributed by atoms with E-state index in [0.29, 0.717) is 5.69 Å². The van der Waals surface area contributed by atoms with Crippen LogP contribution in [0.4, 0.5) is 5.69 Å². The predicted octanol–water partition coefficient (Wildman–Crippen LogP) is 3.57. The monoisotopic (exact) mass is 243 g/mol. The van der Waals surface area contributed by atoms with E-state index in [1.54, 1.807) is 6.92 Å². The summed E-state index contributed by atoms with van der Waals surface area (Å²) in [5.41, 5.74) is 8.58. The van der Waals surface area contributed by atoms with Crippen molar-refractivity contribution in [2.24, 2.45) is 0 Å². The molecule has 0 atom stereocenters. The van der Waals surface area contributed by atoms with Crippen molar-refractivity contribution >= 4 is 22.6 Å². The lowest BCUT2D eigenvalue weighted by Crippen LogP contribution is -1.90. The third kappa shape index (κ3) is 2.88. The average molecular weight is 243 g/mol. The molecule has 0 saturated heterocycles. The van der Waals surface area contributed by atoms with Gasteiger partial charge in [0, 0.05) is 17.5 Å². The van der Waals surface area contributed by atoms with Crippen LogP contribution in [0, 0.1) is 0 Å². The van der Waals surface area contributed by atoms with E-state index in [1.807, 2.05) is 48.5 Å². The summed E-state index contributed by atoms with van der Waals surface area (Å²) in [6.07, 6.45) is 0. The smallest absolute Gasteiger partial charge is 0.190 e. The van der Waals surface area contributed by atoms with Crippen molar-refractivity contribution < 1.29 is 4.79 Å². The summed E-state index contributed by atoms with van der Waals surface area (Å²) in [4.78, 5) is 12.2. The first-order chi connectivity index (χ1) is 8.16. The SMILES string of the molecule is CC(=O)Sc1ccc(N)cc1-c1ccccc1. The number of thioether (sulfide) groups is 1. The third-order valence-corrected chi connectivity index (χ3v) is 3.21. The number of carbonyl (C=O) groups is 1. The average Bonchev–Trinajstić information content (AvgIpc) is 2.32. The summed E-state index contributed by atoms with van der Waals surface area (Å²) < 4.78 is 0. The van der Waals surface area contributed by atoms with E-state index in [9.17, 15) is 4.79 Å². The molecule has 3 heteroatoms. The van der Waals surface area contributed by atoms with E-state index in [1.165, 1.54) is 11.8 Å². The number of anilines is 1. The second-order valence-electron chi connectivity index (χ2n) is 3.72. The van der Waals surface area contributed by atoms with Gasteiger partial charge in [0.1, 0.15) is 0 Å². The second kappa shape index (κ2) is 5.06. The van der Waals surface area contributed by atoms with Crippen LogP contribution in [0.1, 0.15) is 6.92 Å².